The van der Waals surface area contributed by atoms with Crippen LogP contribution in [0.1, 0.15) is 64.2 Å². The van der Waals surface area contributed by atoms with E-state index in [1.165, 1.54) is 38.5 Å². The van der Waals surface area contributed by atoms with Crippen molar-refractivity contribution < 1.29 is 14.7 Å². The van der Waals surface area contributed by atoms with Gasteiger partial charge in [-0.1, -0.05) is 12.8 Å². The zero-order valence-corrected chi connectivity index (χ0v) is 16.4. The van der Waals surface area contributed by atoms with Gasteiger partial charge in [0.25, 0.3) is 0 Å². The van der Waals surface area contributed by atoms with Gasteiger partial charge in [-0.2, -0.15) is 0 Å². The molecule has 1 saturated heterocycles. The van der Waals surface area contributed by atoms with E-state index in [9.17, 15) is 14.7 Å². The maximum absolute atomic E-state index is 13.1. The minimum absolute atomic E-state index is 0.118. The second-order valence-electron chi connectivity index (χ2n) is 10.3. The monoisotopic (exact) mass is 374 g/mol. The molecule has 150 valence electrons. The third-order valence-corrected chi connectivity index (χ3v) is 8.67. The number of nitrogens with zero attached hydrogens (tertiary/aromatic N) is 2. The summed E-state index contributed by atoms with van der Waals surface area (Å²) >= 11 is 0. The molecule has 5 heteroatoms. The summed E-state index contributed by atoms with van der Waals surface area (Å²) in [6.45, 7) is 3.57. The molecule has 1 heterocycles. The highest BCUT2D eigenvalue weighted by molar-refractivity contribution is 5.85. The molecule has 0 aromatic heterocycles. The molecule has 2 atom stereocenters. The molecule has 0 aromatic rings. The molecule has 0 aromatic carbocycles. The Kier molecular flexibility index (Phi) is 4.49. The van der Waals surface area contributed by atoms with Crippen molar-refractivity contribution in [3.63, 3.8) is 0 Å². The molecular formula is C22H34N2O3. The van der Waals surface area contributed by atoms with Gasteiger partial charge in [-0.15, -0.1) is 0 Å². The molecule has 6 aliphatic rings. The number of rotatable bonds is 3. The van der Waals surface area contributed by atoms with Gasteiger partial charge in [-0.05, 0) is 69.1 Å². The number of hydrogen-bond donors (Lipinski definition) is 1. The Morgan fingerprint density at radius 1 is 0.778 bits per heavy atom. The summed E-state index contributed by atoms with van der Waals surface area (Å²) in [7, 11) is 0. The molecule has 6 rings (SSSR count). The maximum atomic E-state index is 13.1. The van der Waals surface area contributed by atoms with Crippen LogP contribution >= 0.6 is 0 Å². The third kappa shape index (κ3) is 3.10. The largest absolute Gasteiger partial charge is 0.481 e. The van der Waals surface area contributed by atoms with Gasteiger partial charge in [0.2, 0.25) is 5.91 Å². The zero-order chi connectivity index (χ0) is 18.6. The fourth-order valence-corrected chi connectivity index (χ4v) is 7.81. The Labute approximate surface area is 162 Å². The zero-order valence-electron chi connectivity index (χ0n) is 16.4. The quantitative estimate of drug-likeness (QED) is 0.825. The number of carbonyl (C=O) groups is 2. The van der Waals surface area contributed by atoms with Crippen LogP contribution in [-0.2, 0) is 9.59 Å². The number of carboxylic acid groups (broad SMARTS) is 1. The van der Waals surface area contributed by atoms with E-state index in [0.717, 1.165) is 63.2 Å². The van der Waals surface area contributed by atoms with Crippen molar-refractivity contribution >= 4 is 11.9 Å². The first-order valence-corrected chi connectivity index (χ1v) is 11.3. The number of amides is 1. The Balaban J connectivity index is 1.23. The molecule has 5 nitrogen and oxygen atoms in total. The molecule has 0 radical (unpaired) electrons. The maximum Gasteiger partial charge on any atom is 0.307 e. The Morgan fingerprint density at radius 2 is 1.30 bits per heavy atom. The minimum Gasteiger partial charge on any atom is -0.481 e. The van der Waals surface area contributed by atoms with Crippen LogP contribution in [0.25, 0.3) is 0 Å². The average Bonchev–Trinajstić information content (AvgIpc) is 2.66. The first-order chi connectivity index (χ1) is 13.0. The van der Waals surface area contributed by atoms with Crippen LogP contribution in [-0.4, -0.2) is 58.5 Å². The van der Waals surface area contributed by atoms with Crippen LogP contribution in [0, 0.1) is 29.6 Å². The molecular weight excluding hydrogens is 340 g/mol. The molecule has 0 spiro atoms. The van der Waals surface area contributed by atoms with Crippen molar-refractivity contribution in [2.75, 3.05) is 26.2 Å². The van der Waals surface area contributed by atoms with E-state index in [1.54, 1.807) is 0 Å². The van der Waals surface area contributed by atoms with Crippen molar-refractivity contribution in [2.24, 2.45) is 29.6 Å². The Morgan fingerprint density at radius 3 is 1.81 bits per heavy atom. The topological polar surface area (TPSA) is 60.9 Å². The van der Waals surface area contributed by atoms with Gasteiger partial charge in [0.1, 0.15) is 0 Å². The molecule has 5 saturated carbocycles. The lowest BCUT2D eigenvalue weighted by atomic mass is 9.52. The molecule has 27 heavy (non-hydrogen) atoms. The summed E-state index contributed by atoms with van der Waals surface area (Å²) in [4.78, 5) is 29.4. The van der Waals surface area contributed by atoms with Crippen LogP contribution in [0.5, 0.6) is 0 Å². The van der Waals surface area contributed by atoms with E-state index in [4.69, 9.17) is 0 Å². The van der Waals surface area contributed by atoms with Gasteiger partial charge >= 0.3 is 5.97 Å². The normalized spacial score (nSPS) is 44.4. The average molecular weight is 375 g/mol. The second kappa shape index (κ2) is 6.75. The summed E-state index contributed by atoms with van der Waals surface area (Å²) in [5.74, 6) is 1.45. The summed E-state index contributed by atoms with van der Waals surface area (Å²) in [6, 6.07) is 0. The van der Waals surface area contributed by atoms with Gasteiger partial charge in [-0.25, -0.2) is 0 Å². The molecule has 1 amide bonds. The molecule has 0 unspecified atom stereocenters. The van der Waals surface area contributed by atoms with Gasteiger partial charge in [0.05, 0.1) is 11.8 Å². The second-order valence-corrected chi connectivity index (χ2v) is 10.3. The molecule has 1 aliphatic heterocycles. The lowest BCUT2D eigenvalue weighted by Crippen LogP contribution is -2.64. The van der Waals surface area contributed by atoms with E-state index in [1.807, 2.05) is 4.90 Å². The Bertz CT molecular complexity index is 575. The predicted molar refractivity (Wildman–Crippen MR) is 102 cm³/mol. The highest BCUT2D eigenvalue weighted by Crippen LogP contribution is 2.57. The summed E-state index contributed by atoms with van der Waals surface area (Å²) in [6.07, 6.45) is 11.9. The third-order valence-electron chi connectivity index (χ3n) is 8.67. The van der Waals surface area contributed by atoms with E-state index < -0.39 is 11.9 Å². The fraction of sp³-hybridized carbons (Fsp3) is 0.909. The van der Waals surface area contributed by atoms with Gasteiger partial charge in [0.15, 0.2) is 0 Å². The lowest BCUT2D eigenvalue weighted by molar-refractivity contribution is -0.154. The molecule has 5 aliphatic carbocycles. The number of carboxylic acids is 1. The highest BCUT2D eigenvalue weighted by Gasteiger charge is 2.54. The van der Waals surface area contributed by atoms with Crippen LogP contribution in [0.4, 0.5) is 0 Å². The summed E-state index contributed by atoms with van der Waals surface area (Å²) in [5.41, 5.74) is 0.429. The van der Waals surface area contributed by atoms with Crippen LogP contribution in [0.3, 0.4) is 0 Å². The van der Waals surface area contributed by atoms with Crippen LogP contribution in [0.2, 0.25) is 0 Å². The summed E-state index contributed by atoms with van der Waals surface area (Å²) in [5, 5.41) is 9.52. The number of piperazine rings is 1. The van der Waals surface area contributed by atoms with E-state index in [2.05, 4.69) is 4.90 Å². The van der Waals surface area contributed by atoms with Crippen LogP contribution in [0.15, 0.2) is 0 Å². The van der Waals surface area contributed by atoms with E-state index in [-0.39, 0.29) is 11.8 Å². The van der Waals surface area contributed by atoms with Crippen molar-refractivity contribution in [2.45, 2.75) is 69.7 Å². The summed E-state index contributed by atoms with van der Waals surface area (Å²) < 4.78 is 0. The molecule has 4 bridgehead atoms. The van der Waals surface area contributed by atoms with Crippen molar-refractivity contribution in [3.8, 4) is 0 Å². The van der Waals surface area contributed by atoms with Crippen molar-refractivity contribution in [3.05, 3.63) is 0 Å². The van der Waals surface area contributed by atoms with Crippen molar-refractivity contribution in [1.82, 2.24) is 9.80 Å². The van der Waals surface area contributed by atoms with Gasteiger partial charge < -0.3 is 10.0 Å². The van der Waals surface area contributed by atoms with Gasteiger partial charge in [0, 0.05) is 31.7 Å². The standard InChI is InChI=1S/C22H34N2O3/c25-20(18-3-1-2-4-19(18)21(26)27)23-5-7-24(8-6-23)22-12-15-9-16(13-22)11-17(10-15)14-22/h15-19H,1-14H2,(H,26,27)/t15?,16?,17?,18-,19+,22?/m1/s1. The number of hydrogen-bond acceptors (Lipinski definition) is 3. The van der Waals surface area contributed by atoms with Crippen LogP contribution < -0.4 is 0 Å². The predicted octanol–water partition coefficient (Wildman–Crippen LogP) is 2.99. The molecule has 6 fully saturated rings. The highest BCUT2D eigenvalue weighted by atomic mass is 16.4. The van der Waals surface area contributed by atoms with E-state index in [0.29, 0.717) is 12.0 Å². The number of aliphatic carboxylic acids is 1. The number of carbonyl (C=O) groups excluding carboxylic acids is 1. The molecule has 1 N–H and O–H groups in total. The fourth-order valence-electron chi connectivity index (χ4n) is 7.81. The minimum atomic E-state index is -0.778. The van der Waals surface area contributed by atoms with E-state index >= 15 is 0 Å². The van der Waals surface area contributed by atoms with Crippen molar-refractivity contribution in [1.29, 1.82) is 0 Å². The first kappa shape index (κ1) is 18.0. The first-order valence-electron chi connectivity index (χ1n) is 11.3. The smallest absolute Gasteiger partial charge is 0.307 e. The lowest BCUT2D eigenvalue weighted by Gasteiger charge is -2.61. The SMILES string of the molecule is O=C(O)[C@H]1CCCC[C@H]1C(=O)N1CCN(C23CC4CC(CC(C4)C2)C3)CC1. The Hall–Kier alpha value is -1.10. The van der Waals surface area contributed by atoms with Gasteiger partial charge in [-0.3, -0.25) is 14.5 Å².